The molecular formula is C18H19NO5. The average molecular weight is 329 g/mol. The number of likely N-dealkylation sites (N-methyl/N-ethyl adjacent to an activating group) is 1. The van der Waals surface area contributed by atoms with Crippen molar-refractivity contribution in [3.8, 4) is 28.7 Å². The number of fused-ring (bicyclic) bond motifs is 2. The minimum Gasteiger partial charge on any atom is -0.508 e. The van der Waals surface area contributed by atoms with Crippen LogP contribution in [0.25, 0.3) is 0 Å². The minimum atomic E-state index is -0.196. The normalized spacial score (nSPS) is 19.2. The molecule has 6 heteroatoms. The highest BCUT2D eigenvalue weighted by atomic mass is 16.7. The van der Waals surface area contributed by atoms with E-state index in [-0.39, 0.29) is 24.3 Å². The molecule has 0 saturated heterocycles. The fraction of sp³-hybridized carbons (Fsp3) is 0.333. The Balaban J connectivity index is 1.94. The number of phenolic OH excluding ortho intramolecular Hbond substituents is 2. The van der Waals surface area contributed by atoms with E-state index < -0.39 is 0 Å². The van der Waals surface area contributed by atoms with Crippen molar-refractivity contribution in [1.82, 2.24) is 4.90 Å². The molecule has 0 saturated carbocycles. The van der Waals surface area contributed by atoms with Gasteiger partial charge in [0.1, 0.15) is 11.5 Å². The number of phenols is 2. The van der Waals surface area contributed by atoms with Crippen LogP contribution < -0.4 is 14.2 Å². The third-order valence-corrected chi connectivity index (χ3v) is 4.70. The zero-order valence-electron chi connectivity index (χ0n) is 13.6. The van der Waals surface area contributed by atoms with Crippen LogP contribution in [0.1, 0.15) is 22.7 Å². The Bertz CT molecular complexity index is 804. The number of methoxy groups -OCH3 is 1. The molecule has 0 amide bonds. The van der Waals surface area contributed by atoms with Gasteiger partial charge in [0.2, 0.25) is 12.5 Å². The summed E-state index contributed by atoms with van der Waals surface area (Å²) in [6.45, 7) is 1.01. The molecule has 0 aromatic heterocycles. The van der Waals surface area contributed by atoms with Gasteiger partial charge in [0, 0.05) is 23.7 Å². The molecule has 2 heterocycles. The van der Waals surface area contributed by atoms with Crippen molar-refractivity contribution in [3.63, 3.8) is 0 Å². The molecule has 0 spiro atoms. The summed E-state index contributed by atoms with van der Waals surface area (Å²) >= 11 is 0. The van der Waals surface area contributed by atoms with Crippen molar-refractivity contribution in [2.24, 2.45) is 0 Å². The molecule has 126 valence electrons. The smallest absolute Gasteiger partial charge is 0.231 e. The Kier molecular flexibility index (Phi) is 3.42. The molecular weight excluding hydrogens is 310 g/mol. The first-order valence-electron chi connectivity index (χ1n) is 7.81. The molecule has 4 rings (SSSR count). The Morgan fingerprint density at radius 3 is 2.79 bits per heavy atom. The third kappa shape index (κ3) is 2.14. The second-order valence-electron chi connectivity index (χ2n) is 6.09. The van der Waals surface area contributed by atoms with Gasteiger partial charge in [0.25, 0.3) is 0 Å². The maximum atomic E-state index is 10.4. The molecule has 2 aliphatic heterocycles. The van der Waals surface area contributed by atoms with E-state index in [4.69, 9.17) is 14.2 Å². The average Bonchev–Trinajstić information content (AvgIpc) is 3.02. The quantitative estimate of drug-likeness (QED) is 0.882. The predicted octanol–water partition coefficient (Wildman–Crippen LogP) is 2.41. The van der Waals surface area contributed by atoms with Gasteiger partial charge in [0.05, 0.1) is 13.2 Å². The van der Waals surface area contributed by atoms with Crippen molar-refractivity contribution in [3.05, 3.63) is 41.0 Å². The minimum absolute atomic E-state index is 0.0348. The highest BCUT2D eigenvalue weighted by Crippen LogP contribution is 2.51. The van der Waals surface area contributed by atoms with Gasteiger partial charge in [-0.2, -0.15) is 0 Å². The van der Waals surface area contributed by atoms with Crippen LogP contribution in [0.15, 0.2) is 24.3 Å². The Labute approximate surface area is 139 Å². The molecule has 2 N–H and O–H groups in total. The van der Waals surface area contributed by atoms with Gasteiger partial charge >= 0.3 is 0 Å². The summed E-state index contributed by atoms with van der Waals surface area (Å²) in [6.07, 6.45) is 0.855. The lowest BCUT2D eigenvalue weighted by atomic mass is 9.86. The van der Waals surface area contributed by atoms with Crippen molar-refractivity contribution in [1.29, 1.82) is 0 Å². The third-order valence-electron chi connectivity index (χ3n) is 4.70. The summed E-state index contributed by atoms with van der Waals surface area (Å²) in [4.78, 5) is 2.15. The molecule has 0 radical (unpaired) electrons. The van der Waals surface area contributed by atoms with Gasteiger partial charge in [-0.1, -0.05) is 0 Å². The van der Waals surface area contributed by atoms with Gasteiger partial charge < -0.3 is 24.4 Å². The molecule has 0 fully saturated rings. The van der Waals surface area contributed by atoms with Gasteiger partial charge in [-0.3, -0.25) is 4.90 Å². The SMILES string of the molecule is COc1c2c(cc3c1C(c1ccc(O)cc1O)N(C)CC3)OCO2. The van der Waals surface area contributed by atoms with Gasteiger partial charge in [-0.05, 0) is 37.2 Å². The lowest BCUT2D eigenvalue weighted by Gasteiger charge is -2.36. The second-order valence-corrected chi connectivity index (χ2v) is 6.09. The van der Waals surface area contributed by atoms with E-state index in [1.807, 2.05) is 13.1 Å². The number of hydrogen-bond acceptors (Lipinski definition) is 6. The molecule has 6 nitrogen and oxygen atoms in total. The molecule has 2 aromatic carbocycles. The van der Waals surface area contributed by atoms with E-state index in [1.165, 1.54) is 6.07 Å². The van der Waals surface area contributed by atoms with Crippen molar-refractivity contribution < 1.29 is 24.4 Å². The van der Waals surface area contributed by atoms with E-state index >= 15 is 0 Å². The number of nitrogens with zero attached hydrogens (tertiary/aromatic N) is 1. The zero-order valence-corrected chi connectivity index (χ0v) is 13.6. The van der Waals surface area contributed by atoms with Crippen LogP contribution in [0.5, 0.6) is 28.7 Å². The van der Waals surface area contributed by atoms with E-state index in [0.29, 0.717) is 22.8 Å². The number of ether oxygens (including phenoxy) is 3. The van der Waals surface area contributed by atoms with E-state index in [1.54, 1.807) is 19.2 Å². The molecule has 1 unspecified atom stereocenters. The largest absolute Gasteiger partial charge is 0.508 e. The maximum absolute atomic E-state index is 10.4. The fourth-order valence-corrected chi connectivity index (χ4v) is 3.59. The highest BCUT2D eigenvalue weighted by molar-refractivity contribution is 5.64. The monoisotopic (exact) mass is 329 g/mol. The van der Waals surface area contributed by atoms with Crippen LogP contribution in [0.2, 0.25) is 0 Å². The van der Waals surface area contributed by atoms with E-state index in [0.717, 1.165) is 24.1 Å². The summed E-state index contributed by atoms with van der Waals surface area (Å²) in [7, 11) is 3.61. The Morgan fingerprint density at radius 2 is 2.04 bits per heavy atom. The van der Waals surface area contributed by atoms with Crippen LogP contribution in [-0.2, 0) is 6.42 Å². The number of benzene rings is 2. The van der Waals surface area contributed by atoms with Gasteiger partial charge in [-0.25, -0.2) is 0 Å². The number of hydrogen-bond donors (Lipinski definition) is 2. The van der Waals surface area contributed by atoms with Crippen molar-refractivity contribution >= 4 is 0 Å². The van der Waals surface area contributed by atoms with Crippen molar-refractivity contribution in [2.45, 2.75) is 12.5 Å². The number of aromatic hydroxyl groups is 2. The van der Waals surface area contributed by atoms with Crippen LogP contribution in [-0.4, -0.2) is 42.6 Å². The van der Waals surface area contributed by atoms with E-state index in [9.17, 15) is 10.2 Å². The lowest BCUT2D eigenvalue weighted by molar-refractivity contribution is 0.170. The molecule has 0 bridgehead atoms. The first kappa shape index (κ1) is 15.0. The maximum Gasteiger partial charge on any atom is 0.231 e. The first-order valence-corrected chi connectivity index (χ1v) is 7.81. The lowest BCUT2D eigenvalue weighted by Crippen LogP contribution is -2.33. The van der Waals surface area contributed by atoms with Gasteiger partial charge in [-0.15, -0.1) is 0 Å². The summed E-state index contributed by atoms with van der Waals surface area (Å²) in [6, 6.07) is 6.48. The summed E-state index contributed by atoms with van der Waals surface area (Å²) in [5, 5.41) is 20.0. The van der Waals surface area contributed by atoms with Crippen LogP contribution >= 0.6 is 0 Å². The first-order chi connectivity index (χ1) is 11.6. The summed E-state index contributed by atoms with van der Waals surface area (Å²) in [5.74, 6) is 2.04. The van der Waals surface area contributed by atoms with Crippen LogP contribution in [0.3, 0.4) is 0 Å². The Hall–Kier alpha value is -2.60. The fourth-order valence-electron chi connectivity index (χ4n) is 3.59. The molecule has 0 aliphatic carbocycles. The highest BCUT2D eigenvalue weighted by Gasteiger charge is 2.35. The second kappa shape index (κ2) is 5.49. The van der Waals surface area contributed by atoms with Gasteiger partial charge in [0.15, 0.2) is 11.5 Å². The predicted molar refractivity (Wildman–Crippen MR) is 87.1 cm³/mol. The summed E-state index contributed by atoms with van der Waals surface area (Å²) in [5.41, 5.74) is 2.80. The van der Waals surface area contributed by atoms with Crippen LogP contribution in [0.4, 0.5) is 0 Å². The molecule has 2 aromatic rings. The van der Waals surface area contributed by atoms with Crippen molar-refractivity contribution in [2.75, 3.05) is 27.5 Å². The zero-order chi connectivity index (χ0) is 16.8. The van der Waals surface area contributed by atoms with Crippen LogP contribution in [0, 0.1) is 0 Å². The Morgan fingerprint density at radius 1 is 1.21 bits per heavy atom. The molecule has 24 heavy (non-hydrogen) atoms. The molecule has 2 aliphatic rings. The van der Waals surface area contributed by atoms with E-state index in [2.05, 4.69) is 4.90 Å². The number of rotatable bonds is 2. The standard InChI is InChI=1S/C18H19NO5/c1-19-6-5-10-7-14-17(24-9-23-14)18(22-2)15(10)16(19)12-4-3-11(20)8-13(12)21/h3-4,7-8,16,20-21H,5-6,9H2,1-2H3. The summed E-state index contributed by atoms with van der Waals surface area (Å²) < 4.78 is 16.8. The molecule has 1 atom stereocenters. The topological polar surface area (TPSA) is 71.4 Å².